The highest BCUT2D eigenvalue weighted by Gasteiger charge is 2.18. The Balaban J connectivity index is 1.68. The van der Waals surface area contributed by atoms with Crippen LogP contribution in [-0.2, 0) is 11.2 Å². The summed E-state index contributed by atoms with van der Waals surface area (Å²) in [5, 5.41) is 1.14. The number of rotatable bonds is 4. The lowest BCUT2D eigenvalue weighted by atomic mass is 10.1. The van der Waals surface area contributed by atoms with Crippen LogP contribution in [0.5, 0.6) is 0 Å². The average Bonchev–Trinajstić information content (AvgIpc) is 3.12. The molecule has 0 atom stereocenters. The van der Waals surface area contributed by atoms with Gasteiger partial charge in [0.25, 0.3) is 0 Å². The lowest BCUT2D eigenvalue weighted by molar-refractivity contribution is -0.117. The van der Waals surface area contributed by atoms with Crippen LogP contribution in [0.1, 0.15) is 5.56 Å². The van der Waals surface area contributed by atoms with Crippen molar-refractivity contribution in [2.75, 3.05) is 10.6 Å². The highest BCUT2D eigenvalue weighted by Crippen LogP contribution is 2.27. The number of nitrogens with one attached hydrogen (secondary N) is 1. The van der Waals surface area contributed by atoms with E-state index in [1.54, 1.807) is 4.90 Å². The maximum atomic E-state index is 13.2. The zero-order chi connectivity index (χ0) is 17.9. The van der Waals surface area contributed by atoms with Crippen LogP contribution in [0.25, 0.3) is 10.9 Å². The van der Waals surface area contributed by atoms with Gasteiger partial charge in [-0.15, -0.1) is 0 Å². The Morgan fingerprint density at radius 3 is 2.38 bits per heavy atom. The molecule has 0 radical (unpaired) electrons. The topological polar surface area (TPSA) is 62.1 Å². The van der Waals surface area contributed by atoms with Gasteiger partial charge in [0, 0.05) is 28.8 Å². The molecule has 0 bridgehead atoms. The maximum absolute atomic E-state index is 13.2. The average molecular weight is 341 g/mol. The molecule has 0 aliphatic rings. The van der Waals surface area contributed by atoms with Crippen LogP contribution in [0.2, 0.25) is 0 Å². The molecule has 4 nitrogen and oxygen atoms in total. The van der Waals surface area contributed by atoms with Crippen molar-refractivity contribution in [2.24, 2.45) is 0 Å². The van der Waals surface area contributed by atoms with Gasteiger partial charge >= 0.3 is 0 Å². The summed E-state index contributed by atoms with van der Waals surface area (Å²) in [6.07, 6.45) is 2.22. The standard InChI is InChI=1S/C22H19N3O/c23-18-8-10-20(11-9-18)25(19-4-2-1-3-5-19)22(26)15-16-6-7-17-12-13-24-21(17)14-16/h1-14,24H,15,23H2. The SMILES string of the molecule is Nc1ccc(N(C(=O)Cc2ccc3cc[nH]c3c2)c2ccccc2)cc1. The number of aromatic nitrogens is 1. The normalized spacial score (nSPS) is 10.8. The Labute approximate surface area is 151 Å². The van der Waals surface area contributed by atoms with Crippen molar-refractivity contribution in [3.8, 4) is 0 Å². The summed E-state index contributed by atoms with van der Waals surface area (Å²) in [6.45, 7) is 0. The number of aromatic amines is 1. The first-order valence-corrected chi connectivity index (χ1v) is 8.50. The molecule has 1 amide bonds. The minimum Gasteiger partial charge on any atom is -0.399 e. The van der Waals surface area contributed by atoms with Crippen molar-refractivity contribution in [1.82, 2.24) is 4.98 Å². The summed E-state index contributed by atoms with van der Waals surface area (Å²) in [7, 11) is 0. The van der Waals surface area contributed by atoms with E-state index in [1.807, 2.05) is 85.1 Å². The molecule has 1 heterocycles. The highest BCUT2D eigenvalue weighted by molar-refractivity contribution is 6.02. The van der Waals surface area contributed by atoms with Crippen LogP contribution in [0.3, 0.4) is 0 Å². The number of amides is 1. The van der Waals surface area contributed by atoms with Crippen molar-refractivity contribution in [2.45, 2.75) is 6.42 Å². The van der Waals surface area contributed by atoms with Crippen molar-refractivity contribution in [3.05, 3.63) is 90.6 Å². The Morgan fingerprint density at radius 1 is 0.885 bits per heavy atom. The lowest BCUT2D eigenvalue weighted by Crippen LogP contribution is -2.27. The molecule has 0 fully saturated rings. The number of hydrogen-bond donors (Lipinski definition) is 2. The number of fused-ring (bicyclic) bond motifs is 1. The fraction of sp³-hybridized carbons (Fsp3) is 0.0455. The molecular formula is C22H19N3O. The van der Waals surface area contributed by atoms with E-state index in [9.17, 15) is 4.79 Å². The molecule has 4 heteroatoms. The van der Waals surface area contributed by atoms with E-state index < -0.39 is 0 Å². The van der Waals surface area contributed by atoms with Gasteiger partial charge in [0.2, 0.25) is 5.91 Å². The van der Waals surface area contributed by atoms with Gasteiger partial charge in [0.15, 0.2) is 0 Å². The largest absolute Gasteiger partial charge is 0.399 e. The summed E-state index contributed by atoms with van der Waals surface area (Å²) in [6, 6.07) is 25.1. The van der Waals surface area contributed by atoms with E-state index in [1.165, 1.54) is 0 Å². The van der Waals surface area contributed by atoms with Gasteiger partial charge in [0.1, 0.15) is 0 Å². The Bertz CT molecular complexity index is 1040. The minimum atomic E-state index is 0.00637. The van der Waals surface area contributed by atoms with E-state index in [2.05, 4.69) is 4.98 Å². The van der Waals surface area contributed by atoms with Crippen LogP contribution in [0, 0.1) is 0 Å². The number of hydrogen-bond acceptors (Lipinski definition) is 2. The van der Waals surface area contributed by atoms with Gasteiger partial charge in [-0.05, 0) is 59.5 Å². The quantitative estimate of drug-likeness (QED) is 0.530. The van der Waals surface area contributed by atoms with Crippen LogP contribution in [-0.4, -0.2) is 10.9 Å². The van der Waals surface area contributed by atoms with E-state index >= 15 is 0 Å². The second kappa shape index (κ2) is 6.76. The molecule has 0 aliphatic carbocycles. The molecule has 0 aliphatic heterocycles. The molecule has 3 N–H and O–H groups in total. The van der Waals surface area contributed by atoms with Crippen molar-refractivity contribution in [3.63, 3.8) is 0 Å². The molecular weight excluding hydrogens is 322 g/mol. The van der Waals surface area contributed by atoms with Gasteiger partial charge in [-0.25, -0.2) is 0 Å². The van der Waals surface area contributed by atoms with Crippen molar-refractivity contribution in [1.29, 1.82) is 0 Å². The fourth-order valence-electron chi connectivity index (χ4n) is 3.10. The molecule has 3 aromatic carbocycles. The number of nitrogen functional groups attached to an aromatic ring is 1. The molecule has 0 spiro atoms. The minimum absolute atomic E-state index is 0.00637. The predicted molar refractivity (Wildman–Crippen MR) is 106 cm³/mol. The van der Waals surface area contributed by atoms with Gasteiger partial charge in [-0.3, -0.25) is 9.69 Å². The number of anilines is 3. The van der Waals surface area contributed by atoms with Gasteiger partial charge < -0.3 is 10.7 Å². The van der Waals surface area contributed by atoms with Crippen LogP contribution >= 0.6 is 0 Å². The third kappa shape index (κ3) is 3.17. The second-order valence-electron chi connectivity index (χ2n) is 6.23. The maximum Gasteiger partial charge on any atom is 0.235 e. The molecule has 4 rings (SSSR count). The van der Waals surface area contributed by atoms with E-state index in [4.69, 9.17) is 5.73 Å². The number of nitrogens with two attached hydrogens (primary N) is 1. The van der Waals surface area contributed by atoms with Gasteiger partial charge in [0.05, 0.1) is 6.42 Å². The number of para-hydroxylation sites is 1. The van der Waals surface area contributed by atoms with Crippen LogP contribution in [0.4, 0.5) is 17.1 Å². The van der Waals surface area contributed by atoms with Crippen molar-refractivity contribution >= 4 is 33.9 Å². The smallest absolute Gasteiger partial charge is 0.235 e. The predicted octanol–water partition coefficient (Wildman–Crippen LogP) is 4.66. The number of H-pyrrole nitrogens is 1. The summed E-state index contributed by atoms with van der Waals surface area (Å²) in [5.41, 5.74) is 10.1. The number of nitrogens with zero attached hydrogens (tertiary/aromatic N) is 1. The summed E-state index contributed by atoms with van der Waals surface area (Å²) >= 11 is 0. The van der Waals surface area contributed by atoms with E-state index in [0.717, 1.165) is 27.8 Å². The molecule has 0 unspecified atom stereocenters. The molecule has 128 valence electrons. The third-order valence-corrected chi connectivity index (χ3v) is 4.39. The fourth-order valence-corrected chi connectivity index (χ4v) is 3.10. The van der Waals surface area contributed by atoms with E-state index in [-0.39, 0.29) is 5.91 Å². The first-order valence-electron chi connectivity index (χ1n) is 8.50. The van der Waals surface area contributed by atoms with Gasteiger partial charge in [-0.1, -0.05) is 30.3 Å². The first-order chi connectivity index (χ1) is 12.7. The van der Waals surface area contributed by atoms with Crippen LogP contribution < -0.4 is 10.6 Å². The van der Waals surface area contributed by atoms with E-state index in [0.29, 0.717) is 12.1 Å². The highest BCUT2D eigenvalue weighted by atomic mass is 16.2. The molecule has 0 saturated carbocycles. The van der Waals surface area contributed by atoms with Gasteiger partial charge in [-0.2, -0.15) is 0 Å². The Hall–Kier alpha value is -3.53. The van der Waals surface area contributed by atoms with Crippen molar-refractivity contribution < 1.29 is 4.79 Å². The second-order valence-corrected chi connectivity index (χ2v) is 6.23. The zero-order valence-electron chi connectivity index (χ0n) is 14.2. The molecule has 0 saturated heterocycles. The Morgan fingerprint density at radius 2 is 1.62 bits per heavy atom. The number of benzene rings is 3. The summed E-state index contributed by atoms with van der Waals surface area (Å²) in [5.74, 6) is 0.00637. The van der Waals surface area contributed by atoms with Crippen LogP contribution in [0.15, 0.2) is 85.1 Å². The number of carbonyl (C=O) groups excluding carboxylic acids is 1. The summed E-state index contributed by atoms with van der Waals surface area (Å²) < 4.78 is 0. The molecule has 1 aromatic heterocycles. The third-order valence-electron chi connectivity index (χ3n) is 4.39. The summed E-state index contributed by atoms with van der Waals surface area (Å²) in [4.78, 5) is 18.1. The number of carbonyl (C=O) groups is 1. The molecule has 4 aromatic rings. The Kier molecular flexibility index (Phi) is 4.15. The first kappa shape index (κ1) is 16.0. The zero-order valence-corrected chi connectivity index (χ0v) is 14.2. The molecule has 26 heavy (non-hydrogen) atoms. The lowest BCUT2D eigenvalue weighted by Gasteiger charge is -2.23. The monoisotopic (exact) mass is 341 g/mol.